The minimum Gasteiger partial charge on any atom is -0.302 e. The Kier molecular flexibility index (Phi) is 5.82. The molecule has 16 heavy (non-hydrogen) atoms. The van der Waals surface area contributed by atoms with E-state index < -0.39 is 0 Å². The van der Waals surface area contributed by atoms with Gasteiger partial charge in [0.2, 0.25) is 0 Å². The molecule has 0 saturated carbocycles. The summed E-state index contributed by atoms with van der Waals surface area (Å²) in [7, 11) is 0. The first kappa shape index (κ1) is 12.9. The van der Waals surface area contributed by atoms with Gasteiger partial charge in [0.25, 0.3) is 5.91 Å². The van der Waals surface area contributed by atoms with Crippen molar-refractivity contribution in [3.05, 3.63) is 25.3 Å². The first-order chi connectivity index (χ1) is 7.79. The normalized spacial score (nSPS) is 21.6. The summed E-state index contributed by atoms with van der Waals surface area (Å²) in [6.45, 7) is 9.35. The summed E-state index contributed by atoms with van der Waals surface area (Å²) < 4.78 is 0. The average Bonchev–Trinajstić information content (AvgIpc) is 2.47. The zero-order chi connectivity index (χ0) is 11.8. The van der Waals surface area contributed by atoms with Crippen LogP contribution in [0, 0.1) is 0 Å². The van der Waals surface area contributed by atoms with Crippen LogP contribution < -0.4 is 10.7 Å². The van der Waals surface area contributed by atoms with E-state index in [0.717, 1.165) is 25.8 Å². The number of hydrogen-bond acceptors (Lipinski definition) is 3. The molecule has 1 rings (SSSR count). The van der Waals surface area contributed by atoms with Crippen molar-refractivity contribution in [1.29, 1.82) is 0 Å². The Bertz CT molecular complexity index is 229. The second-order valence-corrected chi connectivity index (χ2v) is 3.89. The van der Waals surface area contributed by atoms with Gasteiger partial charge in [-0.15, -0.1) is 13.2 Å². The smallest absolute Gasteiger partial charge is 0.253 e. The fourth-order valence-electron chi connectivity index (χ4n) is 1.79. The number of rotatable bonds is 6. The van der Waals surface area contributed by atoms with Crippen molar-refractivity contribution in [2.75, 3.05) is 19.6 Å². The molecule has 90 valence electrons. The van der Waals surface area contributed by atoms with Crippen molar-refractivity contribution >= 4 is 5.91 Å². The van der Waals surface area contributed by atoms with Gasteiger partial charge in [-0.05, 0) is 19.3 Å². The van der Waals surface area contributed by atoms with E-state index in [4.69, 9.17) is 0 Å². The molecule has 1 amide bonds. The molecule has 4 nitrogen and oxygen atoms in total. The summed E-state index contributed by atoms with van der Waals surface area (Å²) in [4.78, 5) is 12.1. The molecule has 4 heteroatoms. The van der Waals surface area contributed by atoms with Crippen molar-refractivity contribution in [3.8, 4) is 0 Å². The number of amides is 1. The van der Waals surface area contributed by atoms with Crippen LogP contribution in [0.25, 0.3) is 0 Å². The van der Waals surface area contributed by atoms with Crippen LogP contribution in [-0.4, -0.2) is 36.6 Å². The van der Waals surface area contributed by atoms with Crippen molar-refractivity contribution in [1.82, 2.24) is 15.8 Å². The van der Waals surface area contributed by atoms with Gasteiger partial charge in [-0.25, -0.2) is 5.43 Å². The molecule has 1 unspecified atom stereocenters. The Labute approximate surface area is 97.4 Å². The van der Waals surface area contributed by atoms with E-state index in [1.165, 1.54) is 0 Å². The molecule has 0 aliphatic carbocycles. The Morgan fingerprint density at radius 3 is 2.75 bits per heavy atom. The highest BCUT2D eigenvalue weighted by Crippen LogP contribution is 2.10. The highest BCUT2D eigenvalue weighted by molar-refractivity contribution is 5.81. The lowest BCUT2D eigenvalue weighted by molar-refractivity contribution is -0.135. The Hall–Kier alpha value is -1.13. The van der Waals surface area contributed by atoms with Gasteiger partial charge in [0.05, 0.1) is 6.04 Å². The second kappa shape index (κ2) is 7.19. The van der Waals surface area contributed by atoms with E-state index in [2.05, 4.69) is 23.9 Å². The maximum absolute atomic E-state index is 12.1. The lowest BCUT2D eigenvalue weighted by atomic mass is 10.1. The second-order valence-electron chi connectivity index (χ2n) is 3.89. The van der Waals surface area contributed by atoms with E-state index in [0.29, 0.717) is 13.1 Å². The van der Waals surface area contributed by atoms with Gasteiger partial charge in [-0.2, -0.15) is 0 Å². The van der Waals surface area contributed by atoms with Gasteiger partial charge in [-0.3, -0.25) is 9.80 Å². The standard InChI is InChI=1S/C12H21N3O/c1-3-8-13-11-7-5-6-10-15(12(11)16)14-9-4-2/h3-4,11,13-14H,1-2,5-10H2. The number of nitrogens with one attached hydrogen (secondary N) is 2. The molecule has 0 spiro atoms. The van der Waals surface area contributed by atoms with E-state index in [9.17, 15) is 4.79 Å². The number of nitrogens with zero attached hydrogens (tertiary/aromatic N) is 1. The van der Waals surface area contributed by atoms with Crippen LogP contribution in [0.2, 0.25) is 0 Å². The number of hydrazine groups is 1. The molecule has 0 aromatic heterocycles. The number of carbonyl (C=O) groups is 1. The van der Waals surface area contributed by atoms with Crippen LogP contribution in [0.3, 0.4) is 0 Å². The van der Waals surface area contributed by atoms with Crippen molar-refractivity contribution < 1.29 is 4.79 Å². The first-order valence-corrected chi connectivity index (χ1v) is 5.79. The number of carbonyl (C=O) groups excluding carboxylic acids is 1. The molecule has 1 saturated heterocycles. The first-order valence-electron chi connectivity index (χ1n) is 5.79. The summed E-state index contributed by atoms with van der Waals surface area (Å²) in [5, 5.41) is 4.90. The topological polar surface area (TPSA) is 44.4 Å². The molecule has 0 aromatic rings. The zero-order valence-electron chi connectivity index (χ0n) is 9.74. The molecule has 1 aliphatic rings. The van der Waals surface area contributed by atoms with Crippen molar-refractivity contribution in [3.63, 3.8) is 0 Å². The molecular weight excluding hydrogens is 202 g/mol. The maximum Gasteiger partial charge on any atom is 0.253 e. The molecule has 1 atom stereocenters. The van der Waals surface area contributed by atoms with Crippen molar-refractivity contribution in [2.45, 2.75) is 25.3 Å². The molecule has 1 aliphatic heterocycles. The SMILES string of the molecule is C=CCNC1CCCCN(NCC=C)C1=O. The van der Waals surface area contributed by atoms with Gasteiger partial charge in [0.1, 0.15) is 0 Å². The third kappa shape index (κ3) is 3.79. The van der Waals surface area contributed by atoms with Gasteiger partial charge in [0.15, 0.2) is 0 Å². The Balaban J connectivity index is 2.53. The Morgan fingerprint density at radius 1 is 1.31 bits per heavy atom. The van der Waals surface area contributed by atoms with Gasteiger partial charge in [0, 0.05) is 19.6 Å². The highest BCUT2D eigenvalue weighted by atomic mass is 16.2. The summed E-state index contributed by atoms with van der Waals surface area (Å²) in [5.74, 6) is 0.126. The van der Waals surface area contributed by atoms with E-state index >= 15 is 0 Å². The monoisotopic (exact) mass is 223 g/mol. The largest absolute Gasteiger partial charge is 0.302 e. The highest BCUT2D eigenvalue weighted by Gasteiger charge is 2.25. The summed E-state index contributed by atoms with van der Waals surface area (Å²) in [5.41, 5.74) is 3.07. The average molecular weight is 223 g/mol. The third-order valence-corrected chi connectivity index (χ3v) is 2.62. The van der Waals surface area contributed by atoms with Crippen LogP contribution in [0.4, 0.5) is 0 Å². The fourth-order valence-corrected chi connectivity index (χ4v) is 1.79. The quantitative estimate of drug-likeness (QED) is 0.656. The lowest BCUT2D eigenvalue weighted by Gasteiger charge is -2.24. The molecule has 0 aromatic carbocycles. The number of hydrogen-bond donors (Lipinski definition) is 2. The van der Waals surface area contributed by atoms with Crippen LogP contribution in [-0.2, 0) is 4.79 Å². The predicted octanol–water partition coefficient (Wildman–Crippen LogP) is 0.834. The lowest BCUT2D eigenvalue weighted by Crippen LogP contribution is -2.51. The third-order valence-electron chi connectivity index (χ3n) is 2.62. The fraction of sp³-hybridized carbons (Fsp3) is 0.583. The minimum atomic E-state index is -0.0854. The van der Waals surface area contributed by atoms with E-state index in [-0.39, 0.29) is 11.9 Å². The van der Waals surface area contributed by atoms with Gasteiger partial charge in [-0.1, -0.05) is 12.2 Å². The summed E-state index contributed by atoms with van der Waals surface area (Å²) in [6, 6.07) is -0.0854. The van der Waals surface area contributed by atoms with E-state index in [1.54, 1.807) is 17.2 Å². The van der Waals surface area contributed by atoms with Crippen LogP contribution in [0.1, 0.15) is 19.3 Å². The van der Waals surface area contributed by atoms with Crippen LogP contribution >= 0.6 is 0 Å². The zero-order valence-corrected chi connectivity index (χ0v) is 9.74. The molecule has 1 heterocycles. The van der Waals surface area contributed by atoms with Gasteiger partial charge < -0.3 is 5.32 Å². The van der Waals surface area contributed by atoms with Crippen LogP contribution in [0.15, 0.2) is 25.3 Å². The molecule has 1 fully saturated rings. The predicted molar refractivity (Wildman–Crippen MR) is 65.8 cm³/mol. The Morgan fingerprint density at radius 2 is 2.06 bits per heavy atom. The maximum atomic E-state index is 12.1. The molecule has 2 N–H and O–H groups in total. The summed E-state index contributed by atoms with van der Waals surface area (Å²) in [6.07, 6.45) is 6.55. The minimum absolute atomic E-state index is 0.0854. The van der Waals surface area contributed by atoms with Crippen LogP contribution in [0.5, 0.6) is 0 Å². The molecular formula is C12H21N3O. The van der Waals surface area contributed by atoms with Gasteiger partial charge >= 0.3 is 0 Å². The molecule has 0 radical (unpaired) electrons. The van der Waals surface area contributed by atoms with Crippen molar-refractivity contribution in [2.24, 2.45) is 0 Å². The van der Waals surface area contributed by atoms with E-state index in [1.807, 2.05) is 0 Å². The molecule has 0 bridgehead atoms. The summed E-state index contributed by atoms with van der Waals surface area (Å²) >= 11 is 0.